The minimum absolute atomic E-state index is 0.168. The molecule has 2 heterocycles. The number of benzene rings is 1. The van der Waals surface area contributed by atoms with Gasteiger partial charge in [0.2, 0.25) is 0 Å². The molecular weight excluding hydrogens is 330 g/mol. The van der Waals surface area contributed by atoms with Gasteiger partial charge in [-0.1, -0.05) is 30.3 Å². The lowest BCUT2D eigenvalue weighted by Crippen LogP contribution is -2.57. The Kier molecular flexibility index (Phi) is 4.28. The van der Waals surface area contributed by atoms with E-state index >= 15 is 0 Å². The molecule has 1 atom stereocenters. The Morgan fingerprint density at radius 2 is 2.08 bits per heavy atom. The molecule has 3 aliphatic rings. The largest absolute Gasteiger partial charge is 0.464 e. The standard InChI is InChI=1S/C20H23N3O3/c1-2-26-19(25)20(16-8-9-16)14-17-22(13-11-18(24)23(17)21-20)12-10-15-6-4-3-5-7-15/h3-7,11,13-14,16,21H,2,8-10,12H2,1H3. The van der Waals surface area contributed by atoms with Crippen molar-refractivity contribution in [1.82, 2.24) is 15.3 Å². The molecule has 2 aliphatic heterocycles. The first-order valence-electron chi connectivity index (χ1n) is 9.15. The number of nitrogens with one attached hydrogen (secondary N) is 1. The normalized spacial score (nSPS) is 24.5. The van der Waals surface area contributed by atoms with Crippen molar-refractivity contribution < 1.29 is 14.3 Å². The summed E-state index contributed by atoms with van der Waals surface area (Å²) in [6.07, 6.45) is 7.96. The molecule has 0 bridgehead atoms. The highest BCUT2D eigenvalue weighted by Crippen LogP contribution is 2.45. The van der Waals surface area contributed by atoms with E-state index in [2.05, 4.69) is 17.6 Å². The number of esters is 1. The van der Waals surface area contributed by atoms with E-state index in [1.807, 2.05) is 29.2 Å². The van der Waals surface area contributed by atoms with Gasteiger partial charge in [-0.25, -0.2) is 15.2 Å². The van der Waals surface area contributed by atoms with Gasteiger partial charge in [-0.3, -0.25) is 4.79 Å². The van der Waals surface area contributed by atoms with Gasteiger partial charge < -0.3 is 9.64 Å². The molecule has 0 spiro atoms. The second-order valence-corrected chi connectivity index (χ2v) is 6.90. The van der Waals surface area contributed by atoms with E-state index in [1.165, 1.54) is 16.6 Å². The zero-order chi connectivity index (χ0) is 18.1. The second-order valence-electron chi connectivity index (χ2n) is 6.90. The van der Waals surface area contributed by atoms with Crippen molar-refractivity contribution in [1.29, 1.82) is 0 Å². The van der Waals surface area contributed by atoms with Crippen LogP contribution in [0.2, 0.25) is 0 Å². The lowest BCUT2D eigenvalue weighted by molar-refractivity contribution is -0.152. The zero-order valence-electron chi connectivity index (χ0n) is 14.9. The molecule has 1 aliphatic carbocycles. The van der Waals surface area contributed by atoms with Crippen LogP contribution in [0.15, 0.2) is 54.5 Å². The third-order valence-electron chi connectivity index (χ3n) is 5.11. The van der Waals surface area contributed by atoms with Crippen molar-refractivity contribution in [3.63, 3.8) is 0 Å². The molecule has 26 heavy (non-hydrogen) atoms. The van der Waals surface area contributed by atoms with Crippen LogP contribution in [0, 0.1) is 5.92 Å². The number of rotatable bonds is 6. The molecule has 1 fully saturated rings. The fourth-order valence-electron chi connectivity index (χ4n) is 3.58. The van der Waals surface area contributed by atoms with E-state index in [4.69, 9.17) is 4.74 Å². The molecule has 6 nitrogen and oxygen atoms in total. The minimum atomic E-state index is -0.933. The SMILES string of the molecule is CCOC(=O)C1(C2CC2)C=C2N(CCc3ccccc3)C=CC(=O)N2N1. The predicted octanol–water partition coefficient (Wildman–Crippen LogP) is 1.96. The molecule has 1 aromatic carbocycles. The maximum atomic E-state index is 12.7. The molecule has 0 saturated heterocycles. The number of nitrogens with zero attached hydrogens (tertiary/aromatic N) is 2. The second kappa shape index (κ2) is 6.61. The fraction of sp³-hybridized carbons (Fsp3) is 0.400. The van der Waals surface area contributed by atoms with Crippen LogP contribution in [0.1, 0.15) is 25.3 Å². The Morgan fingerprint density at radius 1 is 1.31 bits per heavy atom. The van der Waals surface area contributed by atoms with Crippen molar-refractivity contribution in [3.8, 4) is 0 Å². The smallest absolute Gasteiger partial charge is 0.332 e. The van der Waals surface area contributed by atoms with Crippen LogP contribution in [-0.4, -0.2) is 40.5 Å². The van der Waals surface area contributed by atoms with Gasteiger partial charge in [0.05, 0.1) is 6.61 Å². The molecule has 4 rings (SSSR count). The van der Waals surface area contributed by atoms with Gasteiger partial charge in [-0.05, 0) is 43.7 Å². The Hall–Kier alpha value is -2.60. The number of ether oxygens (including phenoxy) is 1. The van der Waals surface area contributed by atoms with E-state index in [1.54, 1.807) is 13.1 Å². The Balaban J connectivity index is 1.59. The number of hydrogen-bond donors (Lipinski definition) is 1. The summed E-state index contributed by atoms with van der Waals surface area (Å²) in [6, 6.07) is 10.2. The maximum Gasteiger partial charge on any atom is 0.332 e. The van der Waals surface area contributed by atoms with Gasteiger partial charge >= 0.3 is 5.97 Å². The summed E-state index contributed by atoms with van der Waals surface area (Å²) in [6.45, 7) is 2.84. The molecular formula is C20H23N3O3. The fourth-order valence-corrected chi connectivity index (χ4v) is 3.58. The van der Waals surface area contributed by atoms with Gasteiger partial charge in [0.15, 0.2) is 5.54 Å². The van der Waals surface area contributed by atoms with Gasteiger partial charge in [0.1, 0.15) is 5.82 Å². The van der Waals surface area contributed by atoms with Gasteiger partial charge in [-0.15, -0.1) is 0 Å². The van der Waals surface area contributed by atoms with Crippen molar-refractivity contribution in [2.75, 3.05) is 13.2 Å². The Bertz CT molecular complexity index is 770. The highest BCUT2D eigenvalue weighted by molar-refractivity contribution is 5.93. The van der Waals surface area contributed by atoms with Gasteiger partial charge in [-0.2, -0.15) is 0 Å². The molecule has 1 amide bonds. The van der Waals surface area contributed by atoms with E-state index < -0.39 is 5.54 Å². The summed E-state index contributed by atoms with van der Waals surface area (Å²) in [5, 5.41) is 1.49. The zero-order valence-corrected chi connectivity index (χ0v) is 14.9. The van der Waals surface area contributed by atoms with Crippen molar-refractivity contribution in [2.45, 2.75) is 31.7 Å². The molecule has 1 N–H and O–H groups in total. The Labute approximate surface area is 153 Å². The number of fused-ring (bicyclic) bond motifs is 1. The van der Waals surface area contributed by atoms with Crippen LogP contribution in [-0.2, 0) is 20.7 Å². The van der Waals surface area contributed by atoms with E-state index in [0.717, 1.165) is 25.8 Å². The molecule has 1 saturated carbocycles. The number of carbonyl (C=O) groups excluding carboxylic acids is 2. The summed E-state index contributed by atoms with van der Waals surface area (Å²) in [4.78, 5) is 27.1. The van der Waals surface area contributed by atoms with E-state index in [0.29, 0.717) is 12.4 Å². The molecule has 1 unspecified atom stereocenters. The molecule has 0 radical (unpaired) electrons. The number of hydrogen-bond acceptors (Lipinski definition) is 5. The third-order valence-corrected chi connectivity index (χ3v) is 5.11. The van der Waals surface area contributed by atoms with Gasteiger partial charge in [0.25, 0.3) is 5.91 Å². The quantitative estimate of drug-likeness (QED) is 0.792. The number of carbonyl (C=O) groups is 2. The summed E-state index contributed by atoms with van der Waals surface area (Å²) < 4.78 is 5.31. The molecule has 1 aromatic rings. The lowest BCUT2D eigenvalue weighted by Gasteiger charge is -2.33. The minimum Gasteiger partial charge on any atom is -0.464 e. The van der Waals surface area contributed by atoms with Crippen molar-refractivity contribution in [3.05, 3.63) is 60.1 Å². The van der Waals surface area contributed by atoms with E-state index in [-0.39, 0.29) is 17.8 Å². The first-order valence-corrected chi connectivity index (χ1v) is 9.15. The maximum absolute atomic E-state index is 12.7. The first kappa shape index (κ1) is 16.8. The van der Waals surface area contributed by atoms with Crippen molar-refractivity contribution >= 4 is 11.9 Å². The summed E-state index contributed by atoms with van der Waals surface area (Å²) in [5.41, 5.74) is 3.45. The van der Waals surface area contributed by atoms with Gasteiger partial charge in [0, 0.05) is 18.8 Å². The molecule has 6 heteroatoms. The monoisotopic (exact) mass is 353 g/mol. The average molecular weight is 353 g/mol. The highest BCUT2D eigenvalue weighted by atomic mass is 16.5. The first-order chi connectivity index (χ1) is 12.6. The number of hydrazine groups is 1. The predicted molar refractivity (Wildman–Crippen MR) is 96.1 cm³/mol. The highest BCUT2D eigenvalue weighted by Gasteiger charge is 2.57. The number of amides is 1. The summed E-state index contributed by atoms with van der Waals surface area (Å²) in [7, 11) is 0. The van der Waals surface area contributed by atoms with Crippen LogP contribution in [0.5, 0.6) is 0 Å². The van der Waals surface area contributed by atoms with Crippen LogP contribution in [0.3, 0.4) is 0 Å². The van der Waals surface area contributed by atoms with Crippen molar-refractivity contribution in [2.24, 2.45) is 5.92 Å². The Morgan fingerprint density at radius 3 is 2.77 bits per heavy atom. The third kappa shape index (κ3) is 2.90. The van der Waals surface area contributed by atoms with Crippen LogP contribution in [0.4, 0.5) is 0 Å². The van der Waals surface area contributed by atoms with Crippen LogP contribution in [0.25, 0.3) is 0 Å². The molecule has 136 valence electrons. The topological polar surface area (TPSA) is 61.9 Å². The lowest BCUT2D eigenvalue weighted by atomic mass is 9.94. The average Bonchev–Trinajstić information content (AvgIpc) is 3.43. The summed E-state index contributed by atoms with van der Waals surface area (Å²) >= 11 is 0. The summed E-state index contributed by atoms with van der Waals surface area (Å²) in [5.74, 6) is 0.413. The van der Waals surface area contributed by atoms with E-state index in [9.17, 15) is 9.59 Å². The van der Waals surface area contributed by atoms with Crippen LogP contribution >= 0.6 is 0 Å². The molecule has 0 aromatic heterocycles. The van der Waals surface area contributed by atoms with Crippen LogP contribution < -0.4 is 5.43 Å².